The van der Waals surface area contributed by atoms with Gasteiger partial charge < -0.3 is 9.42 Å². The van der Waals surface area contributed by atoms with E-state index in [4.69, 9.17) is 16.1 Å². The number of rotatable bonds is 2. The number of likely N-dealkylation sites (tertiary alicyclic amines) is 1. The Bertz CT molecular complexity index is 682. The van der Waals surface area contributed by atoms with Gasteiger partial charge in [-0.1, -0.05) is 23.7 Å². The third kappa shape index (κ3) is 2.65. The summed E-state index contributed by atoms with van der Waals surface area (Å²) in [5, 5.41) is 4.92. The topological polar surface area (TPSA) is 59.2 Å². The minimum atomic E-state index is -0.00662. The maximum Gasteiger partial charge on any atom is 0.259 e. The van der Waals surface area contributed by atoms with Crippen molar-refractivity contribution >= 4 is 28.8 Å². The third-order valence-electron chi connectivity index (χ3n) is 4.40. The van der Waals surface area contributed by atoms with Crippen molar-refractivity contribution in [1.29, 1.82) is 0 Å². The van der Waals surface area contributed by atoms with Crippen molar-refractivity contribution in [2.75, 3.05) is 13.1 Å². The first-order valence-corrected chi connectivity index (χ1v) is 8.44. The Balaban J connectivity index is 1.73. The lowest BCUT2D eigenvalue weighted by Gasteiger charge is -2.38. The molecule has 5 nitrogen and oxygen atoms in total. The van der Waals surface area contributed by atoms with E-state index in [0.717, 1.165) is 17.8 Å². The van der Waals surface area contributed by atoms with E-state index in [0.29, 0.717) is 34.4 Å². The zero-order chi connectivity index (χ0) is 15.9. The van der Waals surface area contributed by atoms with Gasteiger partial charge in [-0.2, -0.15) is 0 Å². The number of nitrogens with zero attached hydrogens (tertiary/aromatic N) is 3. The van der Waals surface area contributed by atoms with Crippen LogP contribution >= 0.6 is 22.9 Å². The molecular weight excluding hydrogens is 322 g/mol. The molecule has 0 unspecified atom stereocenters. The summed E-state index contributed by atoms with van der Waals surface area (Å²) in [7, 11) is 0. The van der Waals surface area contributed by atoms with Crippen molar-refractivity contribution in [3.05, 3.63) is 32.6 Å². The Morgan fingerprint density at radius 1 is 1.41 bits per heavy atom. The molecule has 0 bridgehead atoms. The molecule has 1 saturated heterocycles. The summed E-state index contributed by atoms with van der Waals surface area (Å²) in [4.78, 5) is 18.9. The van der Waals surface area contributed by atoms with Crippen LogP contribution in [0.1, 0.15) is 46.6 Å². The fraction of sp³-hybridized carbons (Fsp3) is 0.533. The van der Waals surface area contributed by atoms with E-state index in [9.17, 15) is 4.79 Å². The molecule has 1 aliphatic rings. The van der Waals surface area contributed by atoms with Crippen LogP contribution in [0.25, 0.3) is 0 Å². The van der Waals surface area contributed by atoms with Crippen LogP contribution in [-0.4, -0.2) is 34.0 Å². The molecule has 0 saturated carbocycles. The summed E-state index contributed by atoms with van der Waals surface area (Å²) < 4.78 is 5.81. The van der Waals surface area contributed by atoms with Gasteiger partial charge in [0.1, 0.15) is 20.7 Å². The number of halogens is 1. The molecule has 0 atom stereocenters. The van der Waals surface area contributed by atoms with Gasteiger partial charge in [0.25, 0.3) is 5.91 Å². The lowest BCUT2D eigenvalue weighted by molar-refractivity contribution is 0.0673. The van der Waals surface area contributed by atoms with Crippen LogP contribution < -0.4 is 0 Å². The number of thiazole rings is 1. The Kier molecular flexibility index (Phi) is 3.99. The van der Waals surface area contributed by atoms with Gasteiger partial charge >= 0.3 is 0 Å². The Morgan fingerprint density at radius 2 is 2.09 bits per heavy atom. The molecule has 2 aromatic heterocycles. The molecule has 0 N–H and O–H groups in total. The average molecular weight is 340 g/mol. The second kappa shape index (κ2) is 5.66. The summed E-state index contributed by atoms with van der Waals surface area (Å²) in [5.41, 5.74) is 1.25. The number of carbonyl (C=O) groups is 1. The molecule has 1 amide bonds. The highest BCUT2D eigenvalue weighted by Crippen LogP contribution is 2.38. The summed E-state index contributed by atoms with van der Waals surface area (Å²) in [6, 6.07) is 0. The van der Waals surface area contributed by atoms with Gasteiger partial charge in [-0.25, -0.2) is 4.98 Å². The van der Waals surface area contributed by atoms with Gasteiger partial charge in [-0.15, -0.1) is 11.3 Å². The zero-order valence-corrected chi connectivity index (χ0v) is 14.4. The van der Waals surface area contributed by atoms with Gasteiger partial charge in [0.2, 0.25) is 0 Å². The number of amides is 1. The molecule has 0 aromatic carbocycles. The van der Waals surface area contributed by atoms with Crippen LogP contribution in [0.5, 0.6) is 0 Å². The van der Waals surface area contributed by atoms with Crippen molar-refractivity contribution in [1.82, 2.24) is 15.0 Å². The highest BCUT2D eigenvalue weighted by atomic mass is 35.5. The first kappa shape index (κ1) is 15.5. The van der Waals surface area contributed by atoms with E-state index in [2.05, 4.69) is 17.1 Å². The smallest absolute Gasteiger partial charge is 0.259 e. The number of hydrogen-bond acceptors (Lipinski definition) is 5. The largest absolute Gasteiger partial charge is 0.361 e. The van der Waals surface area contributed by atoms with Crippen LogP contribution in [0.3, 0.4) is 0 Å². The molecule has 3 rings (SSSR count). The van der Waals surface area contributed by atoms with E-state index in [-0.39, 0.29) is 11.3 Å². The predicted molar refractivity (Wildman–Crippen MR) is 85.6 cm³/mol. The molecule has 7 heteroatoms. The standard InChI is InChI=1S/C15H18ClN3O2S/c1-9-12(10(2)21-18-9)13(20)19-6-4-15(3,5-7-19)14-17-8-11(16)22-14/h8H,4-7H2,1-3H3. The van der Waals surface area contributed by atoms with E-state index in [1.807, 2.05) is 4.90 Å². The van der Waals surface area contributed by atoms with Crippen molar-refractivity contribution in [3.8, 4) is 0 Å². The average Bonchev–Trinajstić information content (AvgIpc) is 3.06. The molecule has 0 radical (unpaired) electrons. The van der Waals surface area contributed by atoms with Crippen LogP contribution in [-0.2, 0) is 5.41 Å². The second-order valence-electron chi connectivity index (χ2n) is 6.02. The quantitative estimate of drug-likeness (QED) is 0.838. The summed E-state index contributed by atoms with van der Waals surface area (Å²) in [5.74, 6) is 0.595. The number of carbonyl (C=O) groups excluding carboxylic acids is 1. The first-order chi connectivity index (χ1) is 10.4. The van der Waals surface area contributed by atoms with E-state index >= 15 is 0 Å². The Hall–Kier alpha value is -1.40. The van der Waals surface area contributed by atoms with Gasteiger partial charge in [0.05, 0.1) is 11.9 Å². The number of piperidine rings is 1. The Labute approximate surface area is 138 Å². The van der Waals surface area contributed by atoms with Crippen LogP contribution in [0.15, 0.2) is 10.7 Å². The zero-order valence-electron chi connectivity index (χ0n) is 12.9. The minimum Gasteiger partial charge on any atom is -0.361 e. The number of aryl methyl sites for hydroxylation is 2. The molecule has 1 aliphatic heterocycles. The molecule has 2 aromatic rings. The van der Waals surface area contributed by atoms with E-state index in [1.165, 1.54) is 11.3 Å². The van der Waals surface area contributed by atoms with Crippen LogP contribution in [0.4, 0.5) is 0 Å². The molecule has 1 fully saturated rings. The SMILES string of the molecule is Cc1noc(C)c1C(=O)N1CCC(C)(c2ncc(Cl)s2)CC1. The van der Waals surface area contributed by atoms with Gasteiger partial charge in [0.15, 0.2) is 0 Å². The lowest BCUT2D eigenvalue weighted by Crippen LogP contribution is -2.44. The lowest BCUT2D eigenvalue weighted by atomic mass is 9.81. The molecule has 0 aliphatic carbocycles. The molecule has 0 spiro atoms. The third-order valence-corrected chi connectivity index (χ3v) is 5.82. The molecule has 3 heterocycles. The fourth-order valence-corrected chi connectivity index (χ4v) is 4.01. The highest BCUT2D eigenvalue weighted by Gasteiger charge is 2.36. The van der Waals surface area contributed by atoms with Crippen molar-refractivity contribution in [2.24, 2.45) is 0 Å². The maximum absolute atomic E-state index is 12.6. The molecule has 118 valence electrons. The summed E-state index contributed by atoms with van der Waals surface area (Å²) >= 11 is 7.53. The van der Waals surface area contributed by atoms with Crippen LogP contribution in [0.2, 0.25) is 4.34 Å². The fourth-order valence-electron chi connectivity index (χ4n) is 2.90. The molecular formula is C15H18ClN3O2S. The second-order valence-corrected chi connectivity index (χ2v) is 7.68. The number of aromatic nitrogens is 2. The monoisotopic (exact) mass is 339 g/mol. The van der Waals surface area contributed by atoms with E-state index in [1.54, 1.807) is 20.0 Å². The Morgan fingerprint density at radius 3 is 2.59 bits per heavy atom. The van der Waals surface area contributed by atoms with Gasteiger partial charge in [0, 0.05) is 18.5 Å². The normalized spacial score (nSPS) is 17.7. The van der Waals surface area contributed by atoms with Crippen molar-refractivity contribution in [2.45, 2.75) is 39.0 Å². The van der Waals surface area contributed by atoms with Crippen LogP contribution in [0, 0.1) is 13.8 Å². The predicted octanol–water partition coefficient (Wildman–Crippen LogP) is 3.60. The molecule has 22 heavy (non-hydrogen) atoms. The summed E-state index contributed by atoms with van der Waals surface area (Å²) in [6.45, 7) is 7.18. The van der Waals surface area contributed by atoms with Crippen molar-refractivity contribution in [3.63, 3.8) is 0 Å². The highest BCUT2D eigenvalue weighted by molar-refractivity contribution is 7.15. The number of hydrogen-bond donors (Lipinski definition) is 0. The van der Waals surface area contributed by atoms with Crippen molar-refractivity contribution < 1.29 is 9.32 Å². The van der Waals surface area contributed by atoms with Gasteiger partial charge in [-0.05, 0) is 26.7 Å². The minimum absolute atomic E-state index is 0.00662. The summed E-state index contributed by atoms with van der Waals surface area (Å²) in [6.07, 6.45) is 3.46. The first-order valence-electron chi connectivity index (χ1n) is 7.25. The van der Waals surface area contributed by atoms with E-state index < -0.39 is 0 Å². The maximum atomic E-state index is 12.6. The van der Waals surface area contributed by atoms with Gasteiger partial charge in [-0.3, -0.25) is 4.79 Å².